The van der Waals surface area contributed by atoms with Gasteiger partial charge in [0.2, 0.25) is 0 Å². The molecule has 1 aromatic carbocycles. The van der Waals surface area contributed by atoms with Crippen LogP contribution in [-0.4, -0.2) is 6.54 Å². The summed E-state index contributed by atoms with van der Waals surface area (Å²) in [6.45, 7) is 3.93. The Kier molecular flexibility index (Phi) is 3.15. The number of rotatable bonds is 4. The minimum Gasteiger partial charge on any atom is -0.396 e. The molecule has 0 heterocycles. The van der Waals surface area contributed by atoms with Gasteiger partial charge in [0, 0.05) is 13.1 Å². The molecule has 1 aliphatic rings. The third kappa shape index (κ3) is 2.35. The lowest BCUT2D eigenvalue weighted by Gasteiger charge is -2.38. The van der Waals surface area contributed by atoms with Gasteiger partial charge in [0.05, 0.1) is 5.69 Å². The quantitative estimate of drug-likeness (QED) is 0.769. The third-order valence-electron chi connectivity index (χ3n) is 3.57. The van der Waals surface area contributed by atoms with Crippen LogP contribution in [0.15, 0.2) is 18.2 Å². The van der Waals surface area contributed by atoms with E-state index in [2.05, 4.69) is 12.2 Å². The smallest absolute Gasteiger partial charge is 0.146 e. The molecule has 0 aromatic heterocycles. The van der Waals surface area contributed by atoms with Gasteiger partial charge in [-0.15, -0.1) is 0 Å². The van der Waals surface area contributed by atoms with Gasteiger partial charge in [0.25, 0.3) is 0 Å². The van der Waals surface area contributed by atoms with Crippen LogP contribution < -0.4 is 11.1 Å². The fraction of sp³-hybridized carbons (Fsp3) is 0.538. The molecule has 0 radical (unpaired) electrons. The van der Waals surface area contributed by atoms with E-state index in [9.17, 15) is 4.39 Å². The van der Waals surface area contributed by atoms with Crippen LogP contribution in [0.25, 0.3) is 0 Å². The maximum Gasteiger partial charge on any atom is 0.146 e. The highest BCUT2D eigenvalue weighted by atomic mass is 19.1. The van der Waals surface area contributed by atoms with Gasteiger partial charge in [0.15, 0.2) is 0 Å². The van der Waals surface area contributed by atoms with Gasteiger partial charge in [-0.25, -0.2) is 4.39 Å². The molecule has 3 heteroatoms. The first-order valence-electron chi connectivity index (χ1n) is 5.84. The number of anilines is 1. The zero-order valence-corrected chi connectivity index (χ0v) is 9.72. The van der Waals surface area contributed by atoms with Crippen molar-refractivity contribution in [2.75, 3.05) is 12.3 Å². The maximum atomic E-state index is 13.2. The molecule has 1 fully saturated rings. The molecule has 1 aromatic rings. The van der Waals surface area contributed by atoms with E-state index in [1.54, 1.807) is 6.07 Å². The minimum absolute atomic E-state index is 0.272. The van der Waals surface area contributed by atoms with Crippen molar-refractivity contribution in [3.05, 3.63) is 29.6 Å². The fourth-order valence-electron chi connectivity index (χ4n) is 2.19. The van der Waals surface area contributed by atoms with Crippen LogP contribution in [0.4, 0.5) is 10.1 Å². The van der Waals surface area contributed by atoms with Crippen molar-refractivity contribution < 1.29 is 4.39 Å². The Morgan fingerprint density at radius 1 is 1.44 bits per heavy atom. The Labute approximate surface area is 96.0 Å². The van der Waals surface area contributed by atoms with E-state index in [1.807, 2.05) is 6.07 Å². The molecule has 88 valence electrons. The first-order valence-corrected chi connectivity index (χ1v) is 5.84. The van der Waals surface area contributed by atoms with Crippen molar-refractivity contribution in [2.45, 2.75) is 32.7 Å². The number of para-hydroxylation sites is 1. The van der Waals surface area contributed by atoms with Crippen LogP contribution in [0.2, 0.25) is 0 Å². The number of nitrogens with one attached hydrogen (secondary N) is 1. The lowest BCUT2D eigenvalue weighted by molar-refractivity contribution is 0.156. The summed E-state index contributed by atoms with van der Waals surface area (Å²) in [5, 5.41) is 3.37. The van der Waals surface area contributed by atoms with E-state index in [0.717, 1.165) is 12.1 Å². The predicted molar refractivity (Wildman–Crippen MR) is 64.5 cm³/mol. The lowest BCUT2D eigenvalue weighted by atomic mass is 9.70. The molecule has 0 spiro atoms. The zero-order chi connectivity index (χ0) is 11.6. The summed E-state index contributed by atoms with van der Waals surface area (Å²) < 4.78 is 13.2. The SMILES string of the molecule is CC1(CNCc2cccc(F)c2N)CCC1. The summed E-state index contributed by atoms with van der Waals surface area (Å²) in [4.78, 5) is 0. The Morgan fingerprint density at radius 2 is 2.19 bits per heavy atom. The molecule has 1 saturated carbocycles. The number of nitrogens with two attached hydrogens (primary N) is 1. The van der Waals surface area contributed by atoms with Gasteiger partial charge in [0.1, 0.15) is 5.82 Å². The predicted octanol–water partition coefficient (Wildman–Crippen LogP) is 2.69. The lowest BCUT2D eigenvalue weighted by Crippen LogP contribution is -2.37. The highest BCUT2D eigenvalue weighted by molar-refractivity contribution is 5.47. The van der Waals surface area contributed by atoms with Gasteiger partial charge in [-0.05, 0) is 29.9 Å². The number of benzene rings is 1. The number of halogens is 1. The molecule has 3 N–H and O–H groups in total. The first kappa shape index (κ1) is 11.4. The van der Waals surface area contributed by atoms with Crippen molar-refractivity contribution >= 4 is 5.69 Å². The van der Waals surface area contributed by atoms with Crippen LogP contribution in [0.5, 0.6) is 0 Å². The Balaban J connectivity index is 1.87. The highest BCUT2D eigenvalue weighted by Gasteiger charge is 2.30. The fourth-order valence-corrected chi connectivity index (χ4v) is 2.19. The van der Waals surface area contributed by atoms with Gasteiger partial charge in [-0.2, -0.15) is 0 Å². The summed E-state index contributed by atoms with van der Waals surface area (Å²) >= 11 is 0. The van der Waals surface area contributed by atoms with Gasteiger partial charge >= 0.3 is 0 Å². The number of hydrogen-bond acceptors (Lipinski definition) is 2. The van der Waals surface area contributed by atoms with E-state index in [1.165, 1.54) is 25.3 Å². The highest BCUT2D eigenvalue weighted by Crippen LogP contribution is 2.39. The second-order valence-corrected chi connectivity index (χ2v) is 5.08. The van der Waals surface area contributed by atoms with Crippen LogP contribution in [0, 0.1) is 11.2 Å². The van der Waals surface area contributed by atoms with Gasteiger partial charge < -0.3 is 11.1 Å². The van der Waals surface area contributed by atoms with Crippen LogP contribution >= 0.6 is 0 Å². The van der Waals surface area contributed by atoms with Gasteiger partial charge in [-0.1, -0.05) is 25.5 Å². The molecule has 0 unspecified atom stereocenters. The first-order chi connectivity index (χ1) is 7.61. The van der Waals surface area contributed by atoms with Crippen molar-refractivity contribution in [2.24, 2.45) is 5.41 Å². The van der Waals surface area contributed by atoms with Crippen LogP contribution in [0.3, 0.4) is 0 Å². The third-order valence-corrected chi connectivity index (χ3v) is 3.57. The molecule has 0 aliphatic heterocycles. The summed E-state index contributed by atoms with van der Waals surface area (Å²) in [6.07, 6.45) is 3.91. The molecule has 1 aliphatic carbocycles. The van der Waals surface area contributed by atoms with E-state index in [4.69, 9.17) is 5.73 Å². The molecule has 0 amide bonds. The second kappa shape index (κ2) is 4.42. The standard InChI is InChI=1S/C13H19FN2/c1-13(6-3-7-13)9-16-8-10-4-2-5-11(14)12(10)15/h2,4-5,16H,3,6-9,15H2,1H3. The van der Waals surface area contributed by atoms with Crippen molar-refractivity contribution in [3.8, 4) is 0 Å². The van der Waals surface area contributed by atoms with Gasteiger partial charge in [-0.3, -0.25) is 0 Å². The summed E-state index contributed by atoms with van der Waals surface area (Å²) in [6, 6.07) is 4.97. The van der Waals surface area contributed by atoms with Crippen LogP contribution in [-0.2, 0) is 6.54 Å². The topological polar surface area (TPSA) is 38.0 Å². The zero-order valence-electron chi connectivity index (χ0n) is 9.72. The summed E-state index contributed by atoms with van der Waals surface area (Å²) in [7, 11) is 0. The number of nitrogen functional groups attached to an aromatic ring is 1. The molecule has 2 nitrogen and oxygen atoms in total. The van der Waals surface area contributed by atoms with Crippen molar-refractivity contribution in [1.29, 1.82) is 0 Å². The average Bonchev–Trinajstić information content (AvgIpc) is 2.22. The minimum atomic E-state index is -0.325. The largest absolute Gasteiger partial charge is 0.396 e. The second-order valence-electron chi connectivity index (χ2n) is 5.08. The van der Waals surface area contributed by atoms with Crippen molar-refractivity contribution in [1.82, 2.24) is 5.32 Å². The summed E-state index contributed by atoms with van der Waals surface area (Å²) in [5.74, 6) is -0.325. The molecule has 16 heavy (non-hydrogen) atoms. The maximum absolute atomic E-state index is 13.2. The van der Waals surface area contributed by atoms with Crippen LogP contribution in [0.1, 0.15) is 31.7 Å². The normalized spacial score (nSPS) is 18.1. The molecular weight excluding hydrogens is 203 g/mol. The molecule has 0 saturated heterocycles. The molecule has 0 bridgehead atoms. The molecule has 2 rings (SSSR count). The van der Waals surface area contributed by atoms with E-state index in [0.29, 0.717) is 12.0 Å². The van der Waals surface area contributed by atoms with Crippen molar-refractivity contribution in [3.63, 3.8) is 0 Å². The summed E-state index contributed by atoms with van der Waals surface area (Å²) in [5.41, 5.74) is 7.23. The molecule has 0 atom stereocenters. The Bertz CT molecular complexity index is 372. The Morgan fingerprint density at radius 3 is 2.81 bits per heavy atom. The monoisotopic (exact) mass is 222 g/mol. The van der Waals surface area contributed by atoms with E-state index >= 15 is 0 Å². The molecular formula is C13H19FN2. The Hall–Kier alpha value is -1.09. The average molecular weight is 222 g/mol. The van der Waals surface area contributed by atoms with E-state index < -0.39 is 0 Å². The van der Waals surface area contributed by atoms with E-state index in [-0.39, 0.29) is 11.5 Å². The number of hydrogen-bond donors (Lipinski definition) is 2.